The summed E-state index contributed by atoms with van der Waals surface area (Å²) in [6.45, 7) is 5.40. The first kappa shape index (κ1) is 11.1. The van der Waals surface area contributed by atoms with Gasteiger partial charge in [-0.05, 0) is 12.3 Å². The standard InChI is InChI=1S/C11H15NO4/c1-5(4-6(13)14)12-9(15)7-8(10(12)16)11(7,2)3/h5,7-8H,4H2,1-3H3,(H,13,14). The Morgan fingerprint density at radius 2 is 1.81 bits per heavy atom. The van der Waals surface area contributed by atoms with Crippen LogP contribution in [0.3, 0.4) is 0 Å². The zero-order chi connectivity index (χ0) is 12.2. The van der Waals surface area contributed by atoms with Crippen molar-refractivity contribution in [3.8, 4) is 0 Å². The molecule has 16 heavy (non-hydrogen) atoms. The molecule has 3 unspecified atom stereocenters. The van der Waals surface area contributed by atoms with Gasteiger partial charge in [0.05, 0.1) is 18.3 Å². The van der Waals surface area contributed by atoms with E-state index in [1.54, 1.807) is 6.92 Å². The number of carboxylic acid groups (broad SMARTS) is 1. The van der Waals surface area contributed by atoms with Crippen molar-refractivity contribution in [2.75, 3.05) is 0 Å². The topological polar surface area (TPSA) is 74.7 Å². The van der Waals surface area contributed by atoms with Gasteiger partial charge in [-0.2, -0.15) is 0 Å². The van der Waals surface area contributed by atoms with E-state index in [2.05, 4.69) is 0 Å². The lowest BCUT2D eigenvalue weighted by Gasteiger charge is -2.25. The third-order valence-electron chi connectivity index (χ3n) is 3.75. The molecular formula is C11H15NO4. The lowest BCUT2D eigenvalue weighted by atomic mass is 10.0. The SMILES string of the molecule is CC(CC(=O)O)N1C(=O)C2C(C1=O)C2(C)C. The van der Waals surface area contributed by atoms with Crippen molar-refractivity contribution in [2.45, 2.75) is 33.2 Å². The van der Waals surface area contributed by atoms with Gasteiger partial charge in [-0.1, -0.05) is 13.8 Å². The first-order valence-corrected chi connectivity index (χ1v) is 5.37. The van der Waals surface area contributed by atoms with E-state index in [1.165, 1.54) is 0 Å². The smallest absolute Gasteiger partial charge is 0.305 e. The molecule has 1 heterocycles. The molecule has 1 saturated heterocycles. The van der Waals surface area contributed by atoms with Crippen LogP contribution in [0.1, 0.15) is 27.2 Å². The fourth-order valence-electron chi connectivity index (χ4n) is 2.75. The molecule has 0 aromatic heterocycles. The van der Waals surface area contributed by atoms with Crippen LogP contribution in [0.5, 0.6) is 0 Å². The van der Waals surface area contributed by atoms with Crippen LogP contribution in [0.25, 0.3) is 0 Å². The molecule has 2 fully saturated rings. The number of likely N-dealkylation sites (tertiary alicyclic amines) is 1. The van der Waals surface area contributed by atoms with Crippen molar-refractivity contribution in [3.05, 3.63) is 0 Å². The summed E-state index contributed by atoms with van der Waals surface area (Å²) < 4.78 is 0. The first-order valence-electron chi connectivity index (χ1n) is 5.37. The molecule has 5 nitrogen and oxygen atoms in total. The number of carbonyl (C=O) groups excluding carboxylic acids is 2. The van der Waals surface area contributed by atoms with Gasteiger partial charge in [-0.3, -0.25) is 19.3 Å². The molecule has 1 N–H and O–H groups in total. The Morgan fingerprint density at radius 1 is 1.38 bits per heavy atom. The largest absolute Gasteiger partial charge is 0.481 e. The summed E-state index contributed by atoms with van der Waals surface area (Å²) in [6, 6.07) is -0.541. The summed E-state index contributed by atoms with van der Waals surface area (Å²) in [5, 5.41) is 8.65. The van der Waals surface area contributed by atoms with Gasteiger partial charge in [0.15, 0.2) is 0 Å². The van der Waals surface area contributed by atoms with Crippen LogP contribution < -0.4 is 0 Å². The summed E-state index contributed by atoms with van der Waals surface area (Å²) in [5.74, 6) is -1.84. The molecule has 0 aromatic rings. The second-order valence-corrected chi connectivity index (χ2v) is 5.27. The molecular weight excluding hydrogens is 210 g/mol. The van der Waals surface area contributed by atoms with Crippen LogP contribution in [0, 0.1) is 17.3 Å². The molecule has 0 radical (unpaired) electrons. The Kier molecular flexibility index (Phi) is 2.12. The van der Waals surface area contributed by atoms with Gasteiger partial charge in [0.2, 0.25) is 11.8 Å². The second-order valence-electron chi connectivity index (χ2n) is 5.27. The highest BCUT2D eigenvalue weighted by molar-refractivity contribution is 6.10. The van der Waals surface area contributed by atoms with E-state index < -0.39 is 12.0 Å². The Balaban J connectivity index is 2.14. The van der Waals surface area contributed by atoms with Gasteiger partial charge in [-0.15, -0.1) is 0 Å². The average molecular weight is 225 g/mol. The number of hydrogen-bond acceptors (Lipinski definition) is 3. The number of carbonyl (C=O) groups is 3. The van der Waals surface area contributed by atoms with Crippen molar-refractivity contribution in [1.82, 2.24) is 4.90 Å². The lowest BCUT2D eigenvalue weighted by Crippen LogP contribution is -2.43. The Bertz CT molecular complexity index is 363. The van der Waals surface area contributed by atoms with Gasteiger partial charge < -0.3 is 5.11 Å². The summed E-state index contributed by atoms with van der Waals surface area (Å²) in [5.41, 5.74) is -0.229. The van der Waals surface area contributed by atoms with E-state index in [1.807, 2.05) is 13.8 Å². The van der Waals surface area contributed by atoms with Gasteiger partial charge in [0.1, 0.15) is 0 Å². The number of imide groups is 1. The Labute approximate surface area is 93.4 Å². The highest BCUT2D eigenvalue weighted by atomic mass is 16.4. The molecule has 3 atom stereocenters. The lowest BCUT2D eigenvalue weighted by molar-refractivity contribution is -0.147. The number of carboxylic acids is 1. The van der Waals surface area contributed by atoms with E-state index in [0.717, 1.165) is 4.90 Å². The van der Waals surface area contributed by atoms with Crippen molar-refractivity contribution < 1.29 is 19.5 Å². The quantitative estimate of drug-likeness (QED) is 0.709. The van der Waals surface area contributed by atoms with Crippen molar-refractivity contribution in [1.29, 1.82) is 0 Å². The number of fused-ring (bicyclic) bond motifs is 1. The third kappa shape index (κ3) is 1.27. The predicted molar refractivity (Wildman–Crippen MR) is 54.3 cm³/mol. The molecule has 2 aliphatic rings. The average Bonchev–Trinajstić information content (AvgIpc) is 2.54. The Hall–Kier alpha value is -1.39. The van der Waals surface area contributed by atoms with Gasteiger partial charge >= 0.3 is 5.97 Å². The molecule has 2 amide bonds. The highest BCUT2D eigenvalue weighted by Gasteiger charge is 2.72. The zero-order valence-electron chi connectivity index (χ0n) is 9.56. The maximum atomic E-state index is 11.9. The van der Waals surface area contributed by atoms with Crippen molar-refractivity contribution in [2.24, 2.45) is 17.3 Å². The fourth-order valence-corrected chi connectivity index (χ4v) is 2.75. The predicted octanol–water partition coefficient (Wildman–Crippen LogP) is 0.491. The van der Waals surface area contributed by atoms with Crippen LogP contribution in [0.15, 0.2) is 0 Å². The molecule has 0 bridgehead atoms. The van der Waals surface area contributed by atoms with Crippen LogP contribution >= 0.6 is 0 Å². The number of rotatable bonds is 3. The number of nitrogens with zero attached hydrogens (tertiary/aromatic N) is 1. The minimum absolute atomic E-state index is 0.183. The molecule has 1 aliphatic heterocycles. The molecule has 5 heteroatoms. The number of hydrogen-bond donors (Lipinski definition) is 1. The van der Waals surface area contributed by atoms with E-state index in [0.29, 0.717) is 0 Å². The van der Waals surface area contributed by atoms with Gasteiger partial charge in [-0.25, -0.2) is 0 Å². The van der Waals surface area contributed by atoms with Crippen LogP contribution in [0.2, 0.25) is 0 Å². The molecule has 0 spiro atoms. The Morgan fingerprint density at radius 3 is 2.19 bits per heavy atom. The van der Waals surface area contributed by atoms with Crippen LogP contribution in [0.4, 0.5) is 0 Å². The minimum atomic E-state index is -0.993. The molecule has 2 rings (SSSR count). The van der Waals surface area contributed by atoms with Crippen molar-refractivity contribution >= 4 is 17.8 Å². The summed E-state index contributed by atoms with van der Waals surface area (Å²) in [6.07, 6.45) is -0.183. The van der Waals surface area contributed by atoms with Crippen molar-refractivity contribution in [3.63, 3.8) is 0 Å². The van der Waals surface area contributed by atoms with Gasteiger partial charge in [0, 0.05) is 6.04 Å². The maximum absolute atomic E-state index is 11.9. The van der Waals surface area contributed by atoms with E-state index in [-0.39, 0.29) is 35.5 Å². The first-order chi connectivity index (χ1) is 7.28. The maximum Gasteiger partial charge on any atom is 0.305 e. The van der Waals surface area contributed by atoms with E-state index in [4.69, 9.17) is 5.11 Å². The van der Waals surface area contributed by atoms with E-state index >= 15 is 0 Å². The molecule has 0 aromatic carbocycles. The molecule has 1 aliphatic carbocycles. The summed E-state index contributed by atoms with van der Waals surface area (Å²) >= 11 is 0. The summed E-state index contributed by atoms with van der Waals surface area (Å²) in [7, 11) is 0. The number of aliphatic carboxylic acids is 1. The highest BCUT2D eigenvalue weighted by Crippen LogP contribution is 2.63. The zero-order valence-corrected chi connectivity index (χ0v) is 9.56. The molecule has 1 saturated carbocycles. The summed E-state index contributed by atoms with van der Waals surface area (Å²) in [4.78, 5) is 35.5. The number of piperidine rings is 1. The monoisotopic (exact) mass is 225 g/mol. The van der Waals surface area contributed by atoms with Crippen LogP contribution in [-0.4, -0.2) is 33.8 Å². The number of amides is 2. The second kappa shape index (κ2) is 3.06. The van der Waals surface area contributed by atoms with E-state index in [9.17, 15) is 14.4 Å². The fraction of sp³-hybridized carbons (Fsp3) is 0.727. The molecule has 88 valence electrons. The normalized spacial score (nSPS) is 32.6. The van der Waals surface area contributed by atoms with Crippen LogP contribution in [-0.2, 0) is 14.4 Å². The minimum Gasteiger partial charge on any atom is -0.481 e. The van der Waals surface area contributed by atoms with Gasteiger partial charge in [0.25, 0.3) is 0 Å². The third-order valence-corrected chi connectivity index (χ3v) is 3.75.